The van der Waals surface area contributed by atoms with Crippen LogP contribution in [-0.4, -0.2) is 35.4 Å². The number of hydrogen-bond donors (Lipinski definition) is 1. The van der Waals surface area contributed by atoms with Crippen LogP contribution < -0.4 is 5.32 Å². The second kappa shape index (κ2) is 7.38. The quantitative estimate of drug-likeness (QED) is 0.565. The lowest BCUT2D eigenvalue weighted by atomic mass is 10.2. The van der Waals surface area contributed by atoms with Gasteiger partial charge in [0.2, 0.25) is 0 Å². The van der Waals surface area contributed by atoms with E-state index in [9.17, 15) is 4.79 Å². The molecule has 1 aliphatic carbocycles. The van der Waals surface area contributed by atoms with E-state index in [1.807, 2.05) is 29.0 Å². The molecule has 0 radical (unpaired) electrons. The third-order valence-corrected chi connectivity index (χ3v) is 5.05. The van der Waals surface area contributed by atoms with Crippen LogP contribution in [0.4, 0.5) is 0 Å². The number of hydrogen-bond acceptors (Lipinski definition) is 6. The van der Waals surface area contributed by atoms with Crippen molar-refractivity contribution in [2.45, 2.75) is 32.4 Å². The van der Waals surface area contributed by atoms with Crippen molar-refractivity contribution in [1.29, 1.82) is 0 Å². The highest BCUT2D eigenvalue weighted by Gasteiger charge is 2.15. The molecule has 0 spiro atoms. The summed E-state index contributed by atoms with van der Waals surface area (Å²) in [5.41, 5.74) is 5.09. The van der Waals surface area contributed by atoms with E-state index >= 15 is 0 Å². The first-order chi connectivity index (χ1) is 14.3. The minimum atomic E-state index is -0.220. The molecular weight excluding hydrogens is 366 g/mol. The number of nitrogens with one attached hydrogen (secondary N) is 1. The number of imidazole rings is 1. The van der Waals surface area contributed by atoms with Crippen molar-refractivity contribution >= 4 is 17.1 Å². The van der Waals surface area contributed by atoms with E-state index in [2.05, 4.69) is 30.2 Å². The zero-order chi connectivity index (χ0) is 19.6. The smallest absolute Gasteiger partial charge is 0.253 e. The molecule has 8 heteroatoms. The SMILES string of the molecule is O=C(NCc1ncc2c(n1)CCC2)c1cnc2c(c1)ncn2Cc1ccccn1. The fourth-order valence-electron chi connectivity index (χ4n) is 3.56. The number of aryl methyl sites for hydroxylation is 2. The van der Waals surface area contributed by atoms with Gasteiger partial charge in [0.1, 0.15) is 11.3 Å². The molecule has 0 unspecified atom stereocenters. The molecule has 0 aromatic carbocycles. The summed E-state index contributed by atoms with van der Waals surface area (Å²) in [6, 6.07) is 7.53. The summed E-state index contributed by atoms with van der Waals surface area (Å²) in [5.74, 6) is 0.412. The molecule has 29 heavy (non-hydrogen) atoms. The average Bonchev–Trinajstić information content (AvgIpc) is 3.39. The van der Waals surface area contributed by atoms with Gasteiger partial charge in [0.25, 0.3) is 5.91 Å². The van der Waals surface area contributed by atoms with E-state index in [0.29, 0.717) is 29.1 Å². The van der Waals surface area contributed by atoms with Crippen molar-refractivity contribution in [3.05, 3.63) is 77.5 Å². The first-order valence-corrected chi connectivity index (χ1v) is 9.59. The molecule has 4 heterocycles. The van der Waals surface area contributed by atoms with Gasteiger partial charge in [0.05, 0.1) is 30.7 Å². The van der Waals surface area contributed by atoms with Gasteiger partial charge in [0, 0.05) is 24.3 Å². The minimum absolute atomic E-state index is 0.220. The Labute approximate surface area is 167 Å². The monoisotopic (exact) mass is 385 g/mol. The summed E-state index contributed by atoms with van der Waals surface area (Å²) < 4.78 is 1.91. The molecule has 4 aromatic heterocycles. The Morgan fingerprint density at radius 1 is 1.10 bits per heavy atom. The van der Waals surface area contributed by atoms with Gasteiger partial charge in [-0.1, -0.05) is 6.07 Å². The average molecular weight is 385 g/mol. The van der Waals surface area contributed by atoms with Gasteiger partial charge in [-0.2, -0.15) is 0 Å². The lowest BCUT2D eigenvalue weighted by Crippen LogP contribution is -2.24. The topological polar surface area (TPSA) is 98.5 Å². The van der Waals surface area contributed by atoms with Crippen LogP contribution in [0.15, 0.2) is 49.2 Å². The van der Waals surface area contributed by atoms with Crippen LogP contribution in [0, 0.1) is 0 Å². The molecule has 0 atom stereocenters. The van der Waals surface area contributed by atoms with E-state index in [1.54, 1.807) is 24.8 Å². The van der Waals surface area contributed by atoms with Crippen LogP contribution in [0.1, 0.15) is 39.6 Å². The molecule has 0 aliphatic heterocycles. The molecule has 5 rings (SSSR count). The number of pyridine rings is 2. The molecule has 1 amide bonds. The number of carbonyl (C=O) groups excluding carboxylic acids is 1. The van der Waals surface area contributed by atoms with Crippen molar-refractivity contribution in [3.8, 4) is 0 Å². The number of fused-ring (bicyclic) bond motifs is 2. The highest BCUT2D eigenvalue weighted by atomic mass is 16.1. The van der Waals surface area contributed by atoms with Crippen LogP contribution in [0.3, 0.4) is 0 Å². The van der Waals surface area contributed by atoms with Crippen LogP contribution in [0.5, 0.6) is 0 Å². The normalized spacial score (nSPS) is 12.8. The first kappa shape index (κ1) is 17.4. The highest BCUT2D eigenvalue weighted by molar-refractivity contribution is 5.96. The summed E-state index contributed by atoms with van der Waals surface area (Å²) in [5, 5.41) is 2.87. The fourth-order valence-corrected chi connectivity index (χ4v) is 3.56. The number of aromatic nitrogens is 6. The van der Waals surface area contributed by atoms with Crippen molar-refractivity contribution in [2.24, 2.45) is 0 Å². The van der Waals surface area contributed by atoms with Crippen molar-refractivity contribution in [3.63, 3.8) is 0 Å². The predicted octanol–water partition coefficient (Wildman–Crippen LogP) is 2.08. The fraction of sp³-hybridized carbons (Fsp3) is 0.238. The number of carbonyl (C=O) groups is 1. The van der Waals surface area contributed by atoms with Gasteiger partial charge in [-0.05, 0) is 43.0 Å². The number of rotatable bonds is 5. The first-order valence-electron chi connectivity index (χ1n) is 9.59. The third kappa shape index (κ3) is 3.56. The van der Waals surface area contributed by atoms with Crippen LogP contribution in [0.2, 0.25) is 0 Å². The molecule has 0 bridgehead atoms. The van der Waals surface area contributed by atoms with Gasteiger partial charge in [-0.15, -0.1) is 0 Å². The number of nitrogens with zero attached hydrogens (tertiary/aromatic N) is 6. The van der Waals surface area contributed by atoms with E-state index in [4.69, 9.17) is 0 Å². The van der Waals surface area contributed by atoms with Gasteiger partial charge in [-0.3, -0.25) is 9.78 Å². The zero-order valence-electron chi connectivity index (χ0n) is 15.7. The lowest BCUT2D eigenvalue weighted by Gasteiger charge is -2.06. The lowest BCUT2D eigenvalue weighted by molar-refractivity contribution is 0.0949. The Morgan fingerprint density at radius 2 is 2.07 bits per heavy atom. The van der Waals surface area contributed by atoms with Crippen LogP contribution in [0.25, 0.3) is 11.2 Å². The van der Waals surface area contributed by atoms with E-state index in [-0.39, 0.29) is 12.5 Å². The predicted molar refractivity (Wildman–Crippen MR) is 106 cm³/mol. The molecule has 1 N–H and O–H groups in total. The Balaban J connectivity index is 1.29. The molecule has 0 saturated carbocycles. The van der Waals surface area contributed by atoms with Gasteiger partial charge < -0.3 is 9.88 Å². The second-order valence-electron chi connectivity index (χ2n) is 7.05. The number of amides is 1. The Hall–Kier alpha value is -3.68. The van der Waals surface area contributed by atoms with Gasteiger partial charge >= 0.3 is 0 Å². The largest absolute Gasteiger partial charge is 0.345 e. The molecule has 0 saturated heterocycles. The van der Waals surface area contributed by atoms with Gasteiger partial charge in [0.15, 0.2) is 5.65 Å². The summed E-state index contributed by atoms with van der Waals surface area (Å²) in [7, 11) is 0. The molecule has 4 aromatic rings. The third-order valence-electron chi connectivity index (χ3n) is 5.05. The maximum atomic E-state index is 12.5. The summed E-state index contributed by atoms with van der Waals surface area (Å²) >= 11 is 0. The van der Waals surface area contributed by atoms with Crippen LogP contribution >= 0.6 is 0 Å². The van der Waals surface area contributed by atoms with Gasteiger partial charge in [-0.25, -0.2) is 19.9 Å². The van der Waals surface area contributed by atoms with Crippen molar-refractivity contribution in [1.82, 2.24) is 34.8 Å². The van der Waals surface area contributed by atoms with Crippen molar-refractivity contribution in [2.75, 3.05) is 0 Å². The zero-order valence-corrected chi connectivity index (χ0v) is 15.7. The molecule has 144 valence electrons. The second-order valence-corrected chi connectivity index (χ2v) is 7.05. The minimum Gasteiger partial charge on any atom is -0.345 e. The maximum Gasteiger partial charge on any atom is 0.253 e. The standard InChI is InChI=1S/C21H19N7O/c29-21(25-11-19-23-9-14-4-3-6-17(14)27-19)15-8-18-20(24-10-15)28(13-26-18)12-16-5-1-2-7-22-16/h1-2,5,7-10,13H,3-4,6,11-12H2,(H,25,29). The Morgan fingerprint density at radius 3 is 2.97 bits per heavy atom. The Kier molecular flexibility index (Phi) is 4.44. The van der Waals surface area contributed by atoms with E-state index in [0.717, 1.165) is 30.7 Å². The molecule has 1 aliphatic rings. The summed E-state index contributed by atoms with van der Waals surface area (Å²) in [4.78, 5) is 34.6. The van der Waals surface area contributed by atoms with E-state index in [1.165, 1.54) is 5.56 Å². The summed E-state index contributed by atoms with van der Waals surface area (Å²) in [6.07, 6.45) is 10.1. The Bertz CT molecular complexity index is 1190. The van der Waals surface area contributed by atoms with Crippen LogP contribution in [-0.2, 0) is 25.9 Å². The van der Waals surface area contributed by atoms with Crippen molar-refractivity contribution < 1.29 is 4.79 Å². The summed E-state index contributed by atoms with van der Waals surface area (Å²) in [6.45, 7) is 0.865. The van der Waals surface area contributed by atoms with E-state index < -0.39 is 0 Å². The maximum absolute atomic E-state index is 12.5. The highest BCUT2D eigenvalue weighted by Crippen LogP contribution is 2.18. The molecule has 8 nitrogen and oxygen atoms in total. The molecular formula is C21H19N7O. The molecule has 0 fully saturated rings.